The van der Waals surface area contributed by atoms with E-state index in [1.807, 2.05) is 24.3 Å². The lowest BCUT2D eigenvalue weighted by Gasteiger charge is -2.36. The second-order valence-corrected chi connectivity index (χ2v) is 8.13. The summed E-state index contributed by atoms with van der Waals surface area (Å²) in [6.07, 6.45) is 4.53. The lowest BCUT2D eigenvalue weighted by molar-refractivity contribution is -0.148. The van der Waals surface area contributed by atoms with Crippen molar-refractivity contribution in [3.8, 4) is 0 Å². The van der Waals surface area contributed by atoms with E-state index in [0.717, 1.165) is 11.1 Å². The van der Waals surface area contributed by atoms with Crippen molar-refractivity contribution in [3.05, 3.63) is 60.7 Å². The third kappa shape index (κ3) is 7.34. The predicted molar refractivity (Wildman–Crippen MR) is 122 cm³/mol. The Morgan fingerprint density at radius 3 is 2.62 bits per heavy atom. The molecule has 2 rings (SSSR count). The normalized spacial score (nSPS) is 16.9. The summed E-state index contributed by atoms with van der Waals surface area (Å²) in [6, 6.07) is 7.57. The molecule has 0 radical (unpaired) electrons. The van der Waals surface area contributed by atoms with Gasteiger partial charge in [0.15, 0.2) is 0 Å². The number of hydrogen-bond acceptors (Lipinski definition) is 5. The van der Waals surface area contributed by atoms with Crippen LogP contribution in [0.2, 0.25) is 0 Å². The number of amides is 2. The second kappa shape index (κ2) is 12.8. The number of aliphatic hydroxyl groups excluding tert-OH is 1. The van der Waals surface area contributed by atoms with Gasteiger partial charge in [0, 0.05) is 19.4 Å². The van der Waals surface area contributed by atoms with Gasteiger partial charge in [-0.05, 0) is 37.3 Å². The minimum absolute atomic E-state index is 0.0179. The number of aliphatic hydroxyl groups is 1. The van der Waals surface area contributed by atoms with Gasteiger partial charge in [-0.25, -0.2) is 0 Å². The van der Waals surface area contributed by atoms with Crippen molar-refractivity contribution in [3.63, 3.8) is 0 Å². The fourth-order valence-electron chi connectivity index (χ4n) is 3.79. The van der Waals surface area contributed by atoms with E-state index < -0.39 is 12.0 Å². The summed E-state index contributed by atoms with van der Waals surface area (Å²) < 4.78 is 5.26. The first-order chi connectivity index (χ1) is 15.4. The first kappa shape index (κ1) is 25.3. The molecule has 1 aromatic rings. The summed E-state index contributed by atoms with van der Waals surface area (Å²) in [5, 5.41) is 12.6. The molecular formula is C25H34N2O5. The number of hydrogen-bond donors (Lipinski definition) is 2. The zero-order valence-electron chi connectivity index (χ0n) is 18.8. The Morgan fingerprint density at radius 1 is 1.25 bits per heavy atom. The highest BCUT2D eigenvalue weighted by molar-refractivity contribution is 5.86. The lowest BCUT2D eigenvalue weighted by Crippen LogP contribution is -2.47. The van der Waals surface area contributed by atoms with Crippen LogP contribution < -0.4 is 5.32 Å². The van der Waals surface area contributed by atoms with E-state index in [9.17, 15) is 19.5 Å². The quantitative estimate of drug-likeness (QED) is 0.383. The third-order valence-corrected chi connectivity index (χ3v) is 5.58. The molecule has 32 heavy (non-hydrogen) atoms. The van der Waals surface area contributed by atoms with Gasteiger partial charge in [0.05, 0.1) is 25.1 Å². The maximum atomic E-state index is 13.1. The smallest absolute Gasteiger partial charge is 0.306 e. The molecule has 1 heterocycles. The van der Waals surface area contributed by atoms with Crippen LogP contribution in [0, 0.1) is 5.92 Å². The van der Waals surface area contributed by atoms with Crippen LogP contribution in [0.5, 0.6) is 0 Å². The highest BCUT2D eigenvalue weighted by Gasteiger charge is 2.31. The Labute approximate surface area is 190 Å². The van der Waals surface area contributed by atoms with Gasteiger partial charge >= 0.3 is 5.97 Å². The highest BCUT2D eigenvalue weighted by Crippen LogP contribution is 2.25. The molecule has 174 valence electrons. The lowest BCUT2D eigenvalue weighted by atomic mass is 9.92. The van der Waals surface area contributed by atoms with Crippen molar-refractivity contribution in [2.24, 2.45) is 5.92 Å². The minimum Gasteiger partial charge on any atom is -0.461 e. The van der Waals surface area contributed by atoms with Crippen molar-refractivity contribution >= 4 is 17.8 Å². The predicted octanol–water partition coefficient (Wildman–Crippen LogP) is 2.53. The van der Waals surface area contributed by atoms with Crippen LogP contribution in [0.3, 0.4) is 0 Å². The van der Waals surface area contributed by atoms with Crippen molar-refractivity contribution in [1.29, 1.82) is 0 Å². The topological polar surface area (TPSA) is 95.9 Å². The largest absolute Gasteiger partial charge is 0.461 e. The van der Waals surface area contributed by atoms with Crippen LogP contribution >= 0.6 is 0 Å². The summed E-state index contributed by atoms with van der Waals surface area (Å²) in [6.45, 7) is 9.43. The SMILES string of the molecule is C=CCCC(=O)O[C@@H](C)CNC(=O)[C@H](CC=C)CC(=O)N1Cc2ccccc2C[C@H]1CO. The van der Waals surface area contributed by atoms with Gasteiger partial charge in [-0.2, -0.15) is 0 Å². The number of nitrogens with zero attached hydrogens (tertiary/aromatic N) is 1. The van der Waals surface area contributed by atoms with E-state index in [4.69, 9.17) is 4.74 Å². The molecule has 7 heteroatoms. The molecule has 0 bridgehead atoms. The van der Waals surface area contributed by atoms with Crippen LogP contribution in [0.25, 0.3) is 0 Å². The molecule has 0 aliphatic carbocycles. The van der Waals surface area contributed by atoms with Gasteiger partial charge < -0.3 is 20.1 Å². The van der Waals surface area contributed by atoms with Crippen LogP contribution in [0.1, 0.15) is 43.7 Å². The maximum absolute atomic E-state index is 13.1. The molecule has 2 amide bonds. The van der Waals surface area contributed by atoms with Gasteiger partial charge in [-0.3, -0.25) is 14.4 Å². The Kier molecular flexibility index (Phi) is 10.1. The van der Waals surface area contributed by atoms with Gasteiger partial charge in [0.1, 0.15) is 6.10 Å². The molecule has 0 spiro atoms. The average Bonchev–Trinajstić information content (AvgIpc) is 2.79. The number of ether oxygens (including phenoxy) is 1. The van der Waals surface area contributed by atoms with Gasteiger partial charge in [-0.15, -0.1) is 13.2 Å². The first-order valence-corrected chi connectivity index (χ1v) is 11.1. The monoisotopic (exact) mass is 442 g/mol. The van der Waals surface area contributed by atoms with Crippen molar-refractivity contribution in [2.75, 3.05) is 13.2 Å². The molecule has 1 aromatic carbocycles. The Balaban J connectivity index is 1.94. The average molecular weight is 443 g/mol. The van der Waals surface area contributed by atoms with E-state index in [0.29, 0.717) is 25.8 Å². The molecule has 0 saturated carbocycles. The van der Waals surface area contributed by atoms with E-state index in [2.05, 4.69) is 18.5 Å². The van der Waals surface area contributed by atoms with Crippen LogP contribution in [0.15, 0.2) is 49.6 Å². The zero-order chi connectivity index (χ0) is 23.5. The number of nitrogens with one attached hydrogen (secondary N) is 1. The molecule has 0 unspecified atom stereocenters. The molecule has 3 atom stereocenters. The number of benzene rings is 1. The second-order valence-electron chi connectivity index (χ2n) is 8.13. The standard InChI is InChI=1S/C25H34N2O5/c1-4-6-12-24(30)32-18(3)15-26-25(31)20(9-5-2)14-23(29)27-16-21-11-8-7-10-19(21)13-22(27)17-28/h4-5,7-8,10-11,18,20,22,28H,1-2,6,9,12-17H2,3H3,(H,26,31)/t18-,20+,22-/m0/s1. The van der Waals surface area contributed by atoms with E-state index >= 15 is 0 Å². The maximum Gasteiger partial charge on any atom is 0.306 e. The number of carbonyl (C=O) groups excluding carboxylic acids is 3. The molecule has 1 aliphatic rings. The van der Waals surface area contributed by atoms with Crippen molar-refractivity contribution in [2.45, 2.75) is 57.7 Å². The molecule has 0 aromatic heterocycles. The highest BCUT2D eigenvalue weighted by atomic mass is 16.5. The summed E-state index contributed by atoms with van der Waals surface area (Å²) in [5.74, 6) is -1.39. The minimum atomic E-state index is -0.583. The molecular weight excluding hydrogens is 408 g/mol. The van der Waals surface area contributed by atoms with Crippen LogP contribution in [-0.4, -0.2) is 53.1 Å². The van der Waals surface area contributed by atoms with Crippen LogP contribution in [-0.2, 0) is 32.1 Å². The Hall–Kier alpha value is -2.93. The van der Waals surface area contributed by atoms with Crippen molar-refractivity contribution < 1.29 is 24.2 Å². The molecule has 0 saturated heterocycles. The summed E-state index contributed by atoms with van der Waals surface area (Å²) in [4.78, 5) is 39.2. The fourth-order valence-corrected chi connectivity index (χ4v) is 3.79. The summed E-state index contributed by atoms with van der Waals surface area (Å²) >= 11 is 0. The van der Waals surface area contributed by atoms with Gasteiger partial charge in [0.2, 0.25) is 11.8 Å². The Morgan fingerprint density at radius 2 is 1.97 bits per heavy atom. The van der Waals surface area contributed by atoms with Crippen molar-refractivity contribution in [1.82, 2.24) is 10.2 Å². The molecule has 1 aliphatic heterocycles. The van der Waals surface area contributed by atoms with E-state index in [1.54, 1.807) is 24.0 Å². The van der Waals surface area contributed by atoms with Crippen LogP contribution in [0.4, 0.5) is 0 Å². The third-order valence-electron chi connectivity index (χ3n) is 5.58. The number of carbonyl (C=O) groups is 3. The van der Waals surface area contributed by atoms with E-state index in [-0.39, 0.29) is 49.8 Å². The molecule has 0 fully saturated rings. The van der Waals surface area contributed by atoms with E-state index in [1.165, 1.54) is 0 Å². The molecule has 2 N–H and O–H groups in total. The first-order valence-electron chi connectivity index (χ1n) is 11.1. The summed E-state index contributed by atoms with van der Waals surface area (Å²) in [5.41, 5.74) is 2.19. The number of allylic oxidation sites excluding steroid dienone is 2. The number of esters is 1. The summed E-state index contributed by atoms with van der Waals surface area (Å²) in [7, 11) is 0. The van der Waals surface area contributed by atoms with Gasteiger partial charge in [-0.1, -0.05) is 36.4 Å². The fraction of sp³-hybridized carbons (Fsp3) is 0.480. The Bertz CT molecular complexity index is 822. The van der Waals surface area contributed by atoms with Gasteiger partial charge in [0.25, 0.3) is 0 Å². The number of fused-ring (bicyclic) bond motifs is 1. The number of rotatable bonds is 12. The zero-order valence-corrected chi connectivity index (χ0v) is 18.8. The molecule has 7 nitrogen and oxygen atoms in total.